The fraction of sp³-hybridized carbons (Fsp3) is 0.400. The number of imide groups is 1. The standard InChI is InChI=1S/C20H20F3N5O3/c21-20(22,23)12-2-1-3-14(8-12)27-11-17(29)28(19(27)30)13-4-6-15(7-5-13)31-16-9-25-18(24)26-10-16/h1-3,8-10,13,15H,4-7,11H2,(H2,24,25,26)/t13-,15-. The zero-order valence-corrected chi connectivity index (χ0v) is 16.4. The van der Waals surface area contributed by atoms with E-state index in [2.05, 4.69) is 9.97 Å². The summed E-state index contributed by atoms with van der Waals surface area (Å²) in [5.74, 6) is 0.216. The number of halogens is 3. The first-order chi connectivity index (χ1) is 14.7. The van der Waals surface area contributed by atoms with Crippen LogP contribution in [0.2, 0.25) is 0 Å². The Labute approximate surface area is 175 Å². The second-order valence-corrected chi connectivity index (χ2v) is 7.51. The van der Waals surface area contributed by atoms with Gasteiger partial charge in [0.25, 0.3) is 5.91 Å². The largest absolute Gasteiger partial charge is 0.487 e. The fourth-order valence-corrected chi connectivity index (χ4v) is 3.93. The third-order valence-electron chi connectivity index (χ3n) is 5.44. The number of anilines is 2. The molecule has 2 aliphatic rings. The number of carbonyl (C=O) groups is 2. The molecular weight excluding hydrogens is 415 g/mol. The Balaban J connectivity index is 1.40. The van der Waals surface area contributed by atoms with E-state index in [1.165, 1.54) is 29.4 Å². The Morgan fingerprint density at radius 1 is 1.06 bits per heavy atom. The number of aromatic nitrogens is 2. The van der Waals surface area contributed by atoms with Crippen LogP contribution in [0, 0.1) is 0 Å². The van der Waals surface area contributed by atoms with Crippen molar-refractivity contribution in [3.05, 3.63) is 42.2 Å². The summed E-state index contributed by atoms with van der Waals surface area (Å²) in [4.78, 5) is 35.4. The lowest BCUT2D eigenvalue weighted by molar-refractivity contribution is -0.137. The normalized spacial score (nSPS) is 22.2. The van der Waals surface area contributed by atoms with Crippen molar-refractivity contribution < 1.29 is 27.5 Å². The first-order valence-corrected chi connectivity index (χ1v) is 9.77. The molecule has 0 bridgehead atoms. The Kier molecular flexibility index (Phi) is 5.42. The Morgan fingerprint density at radius 2 is 1.74 bits per heavy atom. The van der Waals surface area contributed by atoms with Crippen LogP contribution in [0.25, 0.3) is 0 Å². The maximum Gasteiger partial charge on any atom is 0.416 e. The first kappa shape index (κ1) is 20.9. The highest BCUT2D eigenvalue weighted by Crippen LogP contribution is 2.34. The lowest BCUT2D eigenvalue weighted by Crippen LogP contribution is -2.44. The number of alkyl halides is 3. The van der Waals surface area contributed by atoms with E-state index in [4.69, 9.17) is 10.5 Å². The Morgan fingerprint density at radius 3 is 2.39 bits per heavy atom. The van der Waals surface area contributed by atoms with E-state index in [-0.39, 0.29) is 30.3 Å². The van der Waals surface area contributed by atoms with E-state index in [0.29, 0.717) is 31.4 Å². The van der Waals surface area contributed by atoms with Crippen molar-refractivity contribution in [2.45, 2.75) is 44.0 Å². The van der Waals surface area contributed by atoms with Crippen LogP contribution in [0.3, 0.4) is 0 Å². The second-order valence-electron chi connectivity index (χ2n) is 7.51. The maximum atomic E-state index is 13.0. The molecule has 2 heterocycles. The third kappa shape index (κ3) is 4.39. The number of hydrogen-bond acceptors (Lipinski definition) is 6. The topological polar surface area (TPSA) is 102 Å². The number of nitrogens with zero attached hydrogens (tertiary/aromatic N) is 4. The molecular formula is C20H20F3N5O3. The van der Waals surface area contributed by atoms with Gasteiger partial charge in [-0.1, -0.05) is 6.07 Å². The highest BCUT2D eigenvalue weighted by Gasteiger charge is 2.43. The number of ether oxygens (including phenoxy) is 1. The molecule has 0 radical (unpaired) electrons. The van der Waals surface area contributed by atoms with Crippen molar-refractivity contribution in [3.8, 4) is 5.75 Å². The van der Waals surface area contributed by atoms with Gasteiger partial charge in [0, 0.05) is 11.7 Å². The van der Waals surface area contributed by atoms with E-state index >= 15 is 0 Å². The SMILES string of the molecule is Nc1ncc(O[C@H]2CC[C@H](N3C(=O)CN(c4cccc(C(F)(F)F)c4)C3=O)CC2)cn1. The number of urea groups is 1. The zero-order chi connectivity index (χ0) is 22.2. The molecule has 8 nitrogen and oxygen atoms in total. The minimum absolute atomic E-state index is 0.0519. The predicted molar refractivity (Wildman–Crippen MR) is 104 cm³/mol. The third-order valence-corrected chi connectivity index (χ3v) is 5.44. The molecule has 0 atom stereocenters. The summed E-state index contributed by atoms with van der Waals surface area (Å²) in [6, 6.07) is 3.51. The van der Waals surface area contributed by atoms with Crippen molar-refractivity contribution in [1.29, 1.82) is 0 Å². The molecule has 0 unspecified atom stereocenters. The van der Waals surface area contributed by atoms with Crippen LogP contribution in [0.4, 0.5) is 29.6 Å². The number of nitrogen functional groups attached to an aromatic ring is 1. The highest BCUT2D eigenvalue weighted by atomic mass is 19.4. The van der Waals surface area contributed by atoms with Crippen LogP contribution in [-0.2, 0) is 11.0 Å². The summed E-state index contributed by atoms with van der Waals surface area (Å²) in [5.41, 5.74) is 4.63. The molecule has 1 saturated carbocycles. The van der Waals surface area contributed by atoms with Crippen molar-refractivity contribution in [2.75, 3.05) is 17.2 Å². The smallest absolute Gasteiger partial charge is 0.416 e. The van der Waals surface area contributed by atoms with Gasteiger partial charge in [-0.15, -0.1) is 0 Å². The van der Waals surface area contributed by atoms with E-state index in [1.54, 1.807) is 0 Å². The first-order valence-electron chi connectivity index (χ1n) is 9.77. The number of rotatable bonds is 4. The summed E-state index contributed by atoms with van der Waals surface area (Å²) < 4.78 is 44.8. The maximum absolute atomic E-state index is 13.0. The molecule has 2 fully saturated rings. The van der Waals surface area contributed by atoms with Crippen molar-refractivity contribution in [1.82, 2.24) is 14.9 Å². The molecule has 1 aliphatic carbocycles. The van der Waals surface area contributed by atoms with Gasteiger partial charge in [0.1, 0.15) is 6.54 Å². The van der Waals surface area contributed by atoms with Gasteiger partial charge >= 0.3 is 12.2 Å². The second kappa shape index (κ2) is 8.05. The van der Waals surface area contributed by atoms with Crippen LogP contribution in [0.5, 0.6) is 5.75 Å². The molecule has 0 spiro atoms. The van der Waals surface area contributed by atoms with Crippen LogP contribution in [0.1, 0.15) is 31.2 Å². The molecule has 1 aromatic carbocycles. The van der Waals surface area contributed by atoms with Gasteiger partial charge in [0.2, 0.25) is 5.95 Å². The summed E-state index contributed by atoms with van der Waals surface area (Å²) >= 11 is 0. The van der Waals surface area contributed by atoms with Crippen LogP contribution in [-0.4, -0.2) is 45.5 Å². The number of carbonyl (C=O) groups excluding carboxylic acids is 2. The van der Waals surface area contributed by atoms with Crippen molar-refractivity contribution >= 4 is 23.6 Å². The molecule has 11 heteroatoms. The van der Waals surface area contributed by atoms with E-state index in [0.717, 1.165) is 17.0 Å². The molecule has 1 aromatic heterocycles. The average molecular weight is 435 g/mol. The Bertz CT molecular complexity index is 975. The van der Waals surface area contributed by atoms with Crippen molar-refractivity contribution in [2.24, 2.45) is 0 Å². The van der Waals surface area contributed by atoms with Gasteiger partial charge in [-0.3, -0.25) is 14.6 Å². The molecule has 31 heavy (non-hydrogen) atoms. The molecule has 3 amide bonds. The Hall–Kier alpha value is -3.37. The van der Waals surface area contributed by atoms with Crippen LogP contribution in [0.15, 0.2) is 36.7 Å². The van der Waals surface area contributed by atoms with E-state index in [1.807, 2.05) is 0 Å². The lowest BCUT2D eigenvalue weighted by atomic mass is 9.92. The fourth-order valence-electron chi connectivity index (χ4n) is 3.93. The van der Waals surface area contributed by atoms with Gasteiger partial charge in [0.15, 0.2) is 5.75 Å². The number of benzene rings is 1. The average Bonchev–Trinajstić information content (AvgIpc) is 3.04. The summed E-state index contributed by atoms with van der Waals surface area (Å²) in [6.45, 7) is -0.278. The van der Waals surface area contributed by atoms with Gasteiger partial charge in [-0.25, -0.2) is 14.8 Å². The predicted octanol–water partition coefficient (Wildman–Crippen LogP) is 3.24. The number of hydrogen-bond donors (Lipinski definition) is 1. The van der Waals surface area contributed by atoms with Gasteiger partial charge < -0.3 is 10.5 Å². The minimum atomic E-state index is -4.53. The van der Waals surface area contributed by atoms with Gasteiger partial charge in [-0.05, 0) is 43.9 Å². The molecule has 1 saturated heterocycles. The van der Waals surface area contributed by atoms with E-state index < -0.39 is 23.7 Å². The number of nitrogens with two attached hydrogens (primary N) is 1. The molecule has 4 rings (SSSR count). The van der Waals surface area contributed by atoms with E-state index in [9.17, 15) is 22.8 Å². The lowest BCUT2D eigenvalue weighted by Gasteiger charge is -2.33. The minimum Gasteiger partial charge on any atom is -0.487 e. The monoisotopic (exact) mass is 435 g/mol. The van der Waals surface area contributed by atoms with Crippen LogP contribution < -0.4 is 15.4 Å². The molecule has 2 N–H and O–H groups in total. The summed E-state index contributed by atoms with van der Waals surface area (Å²) in [6.07, 6.45) is 0.602. The zero-order valence-electron chi connectivity index (χ0n) is 16.4. The van der Waals surface area contributed by atoms with Crippen LogP contribution >= 0.6 is 0 Å². The molecule has 164 valence electrons. The molecule has 2 aromatic rings. The summed E-state index contributed by atoms with van der Waals surface area (Å²) in [7, 11) is 0. The highest BCUT2D eigenvalue weighted by molar-refractivity contribution is 6.12. The van der Waals surface area contributed by atoms with Crippen molar-refractivity contribution in [3.63, 3.8) is 0 Å². The summed E-state index contributed by atoms with van der Waals surface area (Å²) in [5, 5.41) is 0. The number of amides is 3. The quantitative estimate of drug-likeness (QED) is 0.740. The van der Waals surface area contributed by atoms with Gasteiger partial charge in [0.05, 0.1) is 24.1 Å². The molecule has 1 aliphatic heterocycles. The van der Waals surface area contributed by atoms with Gasteiger partial charge in [-0.2, -0.15) is 13.2 Å².